The Morgan fingerprint density at radius 1 is 0.853 bits per heavy atom. The van der Waals surface area contributed by atoms with Crippen LogP contribution in [-0.2, 0) is 6.61 Å². The van der Waals surface area contributed by atoms with Gasteiger partial charge in [0.05, 0.1) is 10.7 Å². The lowest BCUT2D eigenvalue weighted by Gasteiger charge is -2.15. The summed E-state index contributed by atoms with van der Waals surface area (Å²) in [6, 6.07) is 21.9. The Kier molecular flexibility index (Phi) is 6.21. The summed E-state index contributed by atoms with van der Waals surface area (Å²) in [5.41, 5.74) is 3.91. The standard InChI is InChI=1S/C26H15Cl3N2O3/c27-18-4-2-16(3-5-18)21-10-17(12-30)26(31-25(21)20-7-6-19(28)11-22(20)29)32-13-15-1-8-23-24(9-15)34-14-33-23/h1-11H,13-14H2. The van der Waals surface area contributed by atoms with Crippen LogP contribution in [0, 0.1) is 11.3 Å². The van der Waals surface area contributed by atoms with E-state index < -0.39 is 0 Å². The van der Waals surface area contributed by atoms with E-state index in [-0.39, 0.29) is 19.3 Å². The van der Waals surface area contributed by atoms with Gasteiger partial charge in [0.2, 0.25) is 12.7 Å². The Morgan fingerprint density at radius 3 is 2.38 bits per heavy atom. The molecule has 168 valence electrons. The van der Waals surface area contributed by atoms with Crippen LogP contribution >= 0.6 is 34.8 Å². The lowest BCUT2D eigenvalue weighted by molar-refractivity contribution is 0.174. The first kappa shape index (κ1) is 22.4. The van der Waals surface area contributed by atoms with Gasteiger partial charge in [-0.15, -0.1) is 0 Å². The quantitative estimate of drug-likeness (QED) is 0.278. The van der Waals surface area contributed by atoms with Gasteiger partial charge in [-0.3, -0.25) is 0 Å². The molecule has 0 bridgehead atoms. The minimum atomic E-state index is 0.187. The fraction of sp³-hybridized carbons (Fsp3) is 0.0769. The minimum absolute atomic E-state index is 0.187. The molecule has 0 fully saturated rings. The molecule has 0 N–H and O–H groups in total. The number of hydrogen-bond donors (Lipinski definition) is 0. The minimum Gasteiger partial charge on any atom is -0.472 e. The van der Waals surface area contributed by atoms with E-state index >= 15 is 0 Å². The van der Waals surface area contributed by atoms with Crippen LogP contribution in [-0.4, -0.2) is 11.8 Å². The first-order valence-corrected chi connectivity index (χ1v) is 11.3. The van der Waals surface area contributed by atoms with Crippen molar-refractivity contribution in [2.24, 2.45) is 0 Å². The Hall–Kier alpha value is -3.43. The lowest BCUT2D eigenvalue weighted by Crippen LogP contribution is -2.02. The van der Waals surface area contributed by atoms with Crippen LogP contribution in [0.3, 0.4) is 0 Å². The summed E-state index contributed by atoms with van der Waals surface area (Å²) >= 11 is 18.7. The maximum absolute atomic E-state index is 9.84. The molecular formula is C26H15Cl3N2O3. The molecule has 4 aromatic rings. The van der Waals surface area contributed by atoms with Gasteiger partial charge in [0.15, 0.2) is 11.5 Å². The van der Waals surface area contributed by atoms with Crippen molar-refractivity contribution in [3.05, 3.63) is 92.9 Å². The second-order valence-corrected chi connectivity index (χ2v) is 8.74. The molecule has 0 atom stereocenters. The van der Waals surface area contributed by atoms with Crippen LogP contribution in [0.1, 0.15) is 11.1 Å². The van der Waals surface area contributed by atoms with Gasteiger partial charge in [-0.2, -0.15) is 5.26 Å². The smallest absolute Gasteiger partial charge is 0.232 e. The molecule has 5 nitrogen and oxygen atoms in total. The second kappa shape index (κ2) is 9.44. The number of nitriles is 1. The number of hydrogen-bond acceptors (Lipinski definition) is 5. The van der Waals surface area contributed by atoms with Crippen molar-refractivity contribution in [2.75, 3.05) is 6.79 Å². The van der Waals surface area contributed by atoms with Gasteiger partial charge in [0, 0.05) is 21.2 Å². The molecule has 1 aliphatic heterocycles. The Morgan fingerprint density at radius 2 is 1.62 bits per heavy atom. The van der Waals surface area contributed by atoms with E-state index in [9.17, 15) is 5.26 Å². The molecule has 0 saturated carbocycles. The zero-order chi connectivity index (χ0) is 23.7. The maximum atomic E-state index is 9.84. The van der Waals surface area contributed by atoms with E-state index in [1.165, 1.54) is 0 Å². The number of fused-ring (bicyclic) bond motifs is 1. The summed E-state index contributed by atoms with van der Waals surface area (Å²) in [7, 11) is 0. The van der Waals surface area contributed by atoms with Crippen LogP contribution in [0.15, 0.2) is 66.7 Å². The highest BCUT2D eigenvalue weighted by atomic mass is 35.5. The molecule has 0 spiro atoms. The largest absolute Gasteiger partial charge is 0.472 e. The summed E-state index contributed by atoms with van der Waals surface area (Å²) < 4.78 is 16.8. The van der Waals surface area contributed by atoms with Crippen molar-refractivity contribution in [1.29, 1.82) is 5.26 Å². The zero-order valence-electron chi connectivity index (χ0n) is 17.5. The number of benzene rings is 3. The normalized spacial score (nSPS) is 11.8. The highest BCUT2D eigenvalue weighted by molar-refractivity contribution is 6.36. The van der Waals surface area contributed by atoms with Gasteiger partial charge in [0.1, 0.15) is 18.2 Å². The molecule has 0 radical (unpaired) electrons. The van der Waals surface area contributed by atoms with Crippen molar-refractivity contribution in [2.45, 2.75) is 6.61 Å². The summed E-state index contributed by atoms with van der Waals surface area (Å²) in [4.78, 5) is 4.73. The van der Waals surface area contributed by atoms with Crippen LogP contribution in [0.2, 0.25) is 15.1 Å². The summed E-state index contributed by atoms with van der Waals surface area (Å²) in [6.45, 7) is 0.379. The molecule has 0 aliphatic carbocycles. The third-order valence-electron chi connectivity index (χ3n) is 5.26. The van der Waals surface area contributed by atoms with E-state index in [2.05, 4.69) is 6.07 Å². The summed E-state index contributed by atoms with van der Waals surface area (Å²) in [5, 5.41) is 11.4. The number of aromatic nitrogens is 1. The number of nitrogens with zero attached hydrogens (tertiary/aromatic N) is 2. The van der Waals surface area contributed by atoms with Crippen LogP contribution < -0.4 is 14.2 Å². The van der Waals surface area contributed by atoms with Gasteiger partial charge >= 0.3 is 0 Å². The Balaban J connectivity index is 1.58. The molecule has 3 aromatic carbocycles. The number of rotatable bonds is 5. The van der Waals surface area contributed by atoms with E-state index in [1.807, 2.05) is 30.3 Å². The Labute approximate surface area is 211 Å². The van der Waals surface area contributed by atoms with Crippen molar-refractivity contribution < 1.29 is 14.2 Å². The number of ether oxygens (including phenoxy) is 3. The molecule has 5 rings (SSSR count). The highest BCUT2D eigenvalue weighted by Gasteiger charge is 2.19. The first-order chi connectivity index (χ1) is 16.5. The topological polar surface area (TPSA) is 64.4 Å². The van der Waals surface area contributed by atoms with E-state index in [0.29, 0.717) is 49.0 Å². The summed E-state index contributed by atoms with van der Waals surface area (Å²) in [5.74, 6) is 1.53. The molecule has 1 aromatic heterocycles. The van der Waals surface area contributed by atoms with E-state index in [1.54, 1.807) is 36.4 Å². The fourth-order valence-corrected chi connectivity index (χ4v) is 4.23. The monoisotopic (exact) mass is 508 g/mol. The van der Waals surface area contributed by atoms with Gasteiger partial charge in [-0.1, -0.05) is 53.0 Å². The average molecular weight is 510 g/mol. The lowest BCUT2D eigenvalue weighted by atomic mass is 9.97. The van der Waals surface area contributed by atoms with Crippen molar-refractivity contribution in [3.8, 4) is 45.8 Å². The highest BCUT2D eigenvalue weighted by Crippen LogP contribution is 2.39. The Bertz CT molecular complexity index is 1430. The van der Waals surface area contributed by atoms with Crippen LogP contribution in [0.5, 0.6) is 17.4 Å². The molecule has 0 amide bonds. The third-order valence-corrected chi connectivity index (χ3v) is 6.06. The maximum Gasteiger partial charge on any atom is 0.232 e. The molecule has 0 unspecified atom stereocenters. The van der Waals surface area contributed by atoms with Crippen LogP contribution in [0.4, 0.5) is 0 Å². The second-order valence-electron chi connectivity index (χ2n) is 7.46. The number of halogens is 3. The van der Waals surface area contributed by atoms with Gasteiger partial charge < -0.3 is 14.2 Å². The van der Waals surface area contributed by atoms with Crippen molar-refractivity contribution in [1.82, 2.24) is 4.98 Å². The zero-order valence-corrected chi connectivity index (χ0v) is 19.8. The first-order valence-electron chi connectivity index (χ1n) is 10.2. The predicted octanol–water partition coefficient (Wildman–Crippen LogP) is 7.56. The van der Waals surface area contributed by atoms with Crippen molar-refractivity contribution in [3.63, 3.8) is 0 Å². The van der Waals surface area contributed by atoms with Gasteiger partial charge in [0.25, 0.3) is 0 Å². The van der Waals surface area contributed by atoms with E-state index in [0.717, 1.165) is 11.1 Å². The van der Waals surface area contributed by atoms with Crippen molar-refractivity contribution >= 4 is 34.8 Å². The molecule has 2 heterocycles. The molecule has 1 aliphatic rings. The van der Waals surface area contributed by atoms with Gasteiger partial charge in [-0.25, -0.2) is 4.98 Å². The van der Waals surface area contributed by atoms with Gasteiger partial charge in [-0.05, 0) is 59.7 Å². The van der Waals surface area contributed by atoms with Crippen LogP contribution in [0.25, 0.3) is 22.4 Å². The number of pyridine rings is 1. The average Bonchev–Trinajstić information content (AvgIpc) is 3.31. The molecule has 0 saturated heterocycles. The SMILES string of the molecule is N#Cc1cc(-c2ccc(Cl)cc2)c(-c2ccc(Cl)cc2Cl)nc1OCc1ccc2c(c1)OCO2. The predicted molar refractivity (Wildman–Crippen MR) is 132 cm³/mol. The summed E-state index contributed by atoms with van der Waals surface area (Å²) in [6.07, 6.45) is 0. The van der Waals surface area contributed by atoms with E-state index in [4.69, 9.17) is 54.0 Å². The fourth-order valence-electron chi connectivity index (χ4n) is 3.61. The third kappa shape index (κ3) is 4.49. The molecular weight excluding hydrogens is 495 g/mol. The molecule has 8 heteroatoms. The molecule has 34 heavy (non-hydrogen) atoms.